The van der Waals surface area contributed by atoms with Crippen molar-refractivity contribution in [2.75, 3.05) is 6.61 Å². The van der Waals surface area contributed by atoms with Gasteiger partial charge in [0.2, 0.25) is 5.75 Å². The first kappa shape index (κ1) is 15.8. The van der Waals surface area contributed by atoms with Gasteiger partial charge in [0.05, 0.1) is 17.0 Å². The number of aromatic amines is 1. The molecule has 0 unspecified atom stereocenters. The first-order valence-corrected chi connectivity index (χ1v) is 7.20. The molecule has 1 heterocycles. The molecule has 1 aromatic heterocycles. The summed E-state index contributed by atoms with van der Waals surface area (Å²) in [5, 5.41) is 21.2. The van der Waals surface area contributed by atoms with Crippen LogP contribution in [0, 0.1) is 10.1 Å². The van der Waals surface area contributed by atoms with E-state index >= 15 is 0 Å². The third-order valence-corrected chi connectivity index (χ3v) is 3.38. The van der Waals surface area contributed by atoms with Crippen molar-refractivity contribution >= 4 is 16.6 Å². The Hall–Kier alpha value is -2.57. The van der Waals surface area contributed by atoms with Crippen LogP contribution >= 0.6 is 0 Å². The number of aromatic hydroxyl groups is 1. The van der Waals surface area contributed by atoms with E-state index in [-0.39, 0.29) is 22.7 Å². The first-order chi connectivity index (χ1) is 10.5. The Balaban J connectivity index is 2.27. The van der Waals surface area contributed by atoms with Crippen LogP contribution in [0.5, 0.6) is 11.5 Å². The summed E-state index contributed by atoms with van der Waals surface area (Å²) in [5.41, 5.74) is -0.549. The van der Waals surface area contributed by atoms with Crippen LogP contribution in [0.25, 0.3) is 10.9 Å². The van der Waals surface area contributed by atoms with Gasteiger partial charge >= 0.3 is 0 Å². The molecule has 2 aromatic rings. The fourth-order valence-electron chi connectivity index (χ4n) is 2.20. The van der Waals surface area contributed by atoms with E-state index < -0.39 is 10.5 Å². The number of non-ortho nitro benzene ring substituents is 1. The van der Waals surface area contributed by atoms with Crippen LogP contribution in [0.1, 0.15) is 32.6 Å². The minimum absolute atomic E-state index is 0.141. The van der Waals surface area contributed by atoms with E-state index in [0.717, 1.165) is 25.7 Å². The zero-order chi connectivity index (χ0) is 16.1. The van der Waals surface area contributed by atoms with Crippen molar-refractivity contribution < 1.29 is 14.8 Å². The highest BCUT2D eigenvalue weighted by Crippen LogP contribution is 2.31. The minimum atomic E-state index is -0.596. The molecule has 118 valence electrons. The number of nitro groups is 1. The molecule has 7 nitrogen and oxygen atoms in total. The van der Waals surface area contributed by atoms with Crippen molar-refractivity contribution in [3.05, 3.63) is 38.7 Å². The fourth-order valence-corrected chi connectivity index (χ4v) is 2.20. The van der Waals surface area contributed by atoms with Crippen molar-refractivity contribution in [2.45, 2.75) is 32.6 Å². The van der Waals surface area contributed by atoms with Crippen LogP contribution < -0.4 is 10.3 Å². The fraction of sp³-hybridized carbons (Fsp3) is 0.400. The number of benzene rings is 1. The molecule has 0 bridgehead atoms. The van der Waals surface area contributed by atoms with Gasteiger partial charge in [-0.3, -0.25) is 14.9 Å². The molecule has 0 spiro atoms. The van der Waals surface area contributed by atoms with E-state index in [1.165, 1.54) is 18.2 Å². The largest absolute Gasteiger partial charge is 0.504 e. The number of hydrogen-bond donors (Lipinski definition) is 2. The van der Waals surface area contributed by atoms with Crippen LogP contribution in [-0.4, -0.2) is 21.6 Å². The number of nitrogens with zero attached hydrogens (tertiary/aromatic N) is 1. The highest BCUT2D eigenvalue weighted by Gasteiger charge is 2.15. The SMILES string of the molecule is CCCCCCOc1c(O)c2ccc([N+](=O)[O-])cc2[nH]c1=O. The van der Waals surface area contributed by atoms with Crippen LogP contribution in [0.2, 0.25) is 0 Å². The average molecular weight is 306 g/mol. The number of H-pyrrole nitrogens is 1. The summed E-state index contributed by atoms with van der Waals surface area (Å²) >= 11 is 0. The zero-order valence-electron chi connectivity index (χ0n) is 12.3. The number of pyridine rings is 1. The molecule has 0 radical (unpaired) electrons. The molecule has 0 aliphatic heterocycles. The average Bonchev–Trinajstić information content (AvgIpc) is 2.49. The Kier molecular flexibility index (Phi) is 4.98. The van der Waals surface area contributed by atoms with Gasteiger partial charge < -0.3 is 14.8 Å². The maximum atomic E-state index is 11.9. The minimum Gasteiger partial charge on any atom is -0.504 e. The maximum absolute atomic E-state index is 11.9. The van der Waals surface area contributed by atoms with E-state index in [9.17, 15) is 20.0 Å². The molecular weight excluding hydrogens is 288 g/mol. The number of ether oxygens (including phenoxy) is 1. The van der Waals surface area contributed by atoms with Gasteiger partial charge in [0, 0.05) is 17.5 Å². The van der Waals surface area contributed by atoms with Gasteiger partial charge in [0.1, 0.15) is 0 Å². The number of hydrogen-bond acceptors (Lipinski definition) is 5. The lowest BCUT2D eigenvalue weighted by Crippen LogP contribution is -2.12. The van der Waals surface area contributed by atoms with Crippen molar-refractivity contribution in [2.24, 2.45) is 0 Å². The van der Waals surface area contributed by atoms with Crippen molar-refractivity contribution in [1.29, 1.82) is 0 Å². The molecule has 22 heavy (non-hydrogen) atoms. The van der Waals surface area contributed by atoms with Gasteiger partial charge in [-0.05, 0) is 12.5 Å². The monoisotopic (exact) mass is 306 g/mol. The topological polar surface area (TPSA) is 105 Å². The lowest BCUT2D eigenvalue weighted by atomic mass is 10.1. The van der Waals surface area contributed by atoms with Crippen LogP contribution in [0.15, 0.2) is 23.0 Å². The zero-order valence-corrected chi connectivity index (χ0v) is 12.3. The van der Waals surface area contributed by atoms with Crippen LogP contribution in [0.3, 0.4) is 0 Å². The highest BCUT2D eigenvalue weighted by molar-refractivity contribution is 5.88. The summed E-state index contributed by atoms with van der Waals surface area (Å²) in [6.45, 7) is 2.44. The molecule has 0 amide bonds. The standard InChI is InChI=1S/C15H18N2O5/c1-2-3-4-5-8-22-14-13(18)11-7-6-10(17(20)21)9-12(11)16-15(14)19/h6-7,9H,2-5,8H2,1H3,(H2,16,18,19). The molecule has 0 atom stereocenters. The maximum Gasteiger partial charge on any atom is 0.294 e. The second-order valence-electron chi connectivity index (χ2n) is 5.03. The van der Waals surface area contributed by atoms with Gasteiger partial charge in [-0.2, -0.15) is 0 Å². The Morgan fingerprint density at radius 3 is 2.77 bits per heavy atom. The first-order valence-electron chi connectivity index (χ1n) is 7.20. The Labute approximate surface area is 126 Å². The smallest absolute Gasteiger partial charge is 0.294 e. The number of aromatic nitrogens is 1. The Morgan fingerprint density at radius 1 is 1.32 bits per heavy atom. The molecule has 1 aromatic carbocycles. The molecule has 2 rings (SSSR count). The van der Waals surface area contributed by atoms with Crippen LogP contribution in [-0.2, 0) is 0 Å². The van der Waals surface area contributed by atoms with Gasteiger partial charge in [0.25, 0.3) is 11.2 Å². The molecule has 0 aliphatic carbocycles. The molecule has 0 saturated carbocycles. The molecule has 0 fully saturated rings. The second-order valence-corrected chi connectivity index (χ2v) is 5.03. The number of unbranched alkanes of at least 4 members (excludes halogenated alkanes) is 3. The number of rotatable bonds is 7. The summed E-state index contributed by atoms with van der Waals surface area (Å²) in [5.74, 6) is -0.429. The summed E-state index contributed by atoms with van der Waals surface area (Å²) in [6.07, 6.45) is 3.98. The molecule has 0 aliphatic rings. The van der Waals surface area contributed by atoms with Crippen molar-refractivity contribution in [3.63, 3.8) is 0 Å². The summed E-state index contributed by atoms with van der Waals surface area (Å²) in [7, 11) is 0. The van der Waals surface area contributed by atoms with E-state index in [1.807, 2.05) is 0 Å². The van der Waals surface area contributed by atoms with E-state index in [4.69, 9.17) is 4.74 Å². The third-order valence-electron chi connectivity index (χ3n) is 3.38. The summed E-state index contributed by atoms with van der Waals surface area (Å²) in [6, 6.07) is 3.87. The molecule has 2 N–H and O–H groups in total. The number of nitro benzene ring substituents is 1. The normalized spacial score (nSPS) is 10.8. The van der Waals surface area contributed by atoms with Crippen molar-refractivity contribution in [1.82, 2.24) is 4.98 Å². The number of nitrogens with one attached hydrogen (secondary N) is 1. The van der Waals surface area contributed by atoms with Gasteiger partial charge in [-0.15, -0.1) is 0 Å². The summed E-state index contributed by atoms with van der Waals surface area (Å²) < 4.78 is 5.37. The van der Waals surface area contributed by atoms with E-state index in [0.29, 0.717) is 12.0 Å². The lowest BCUT2D eigenvalue weighted by Gasteiger charge is -2.09. The van der Waals surface area contributed by atoms with Gasteiger partial charge in [-0.25, -0.2) is 0 Å². The lowest BCUT2D eigenvalue weighted by molar-refractivity contribution is -0.384. The second kappa shape index (κ2) is 6.93. The molecule has 7 heteroatoms. The highest BCUT2D eigenvalue weighted by atomic mass is 16.6. The summed E-state index contributed by atoms with van der Waals surface area (Å²) in [4.78, 5) is 24.6. The molecular formula is C15H18N2O5. The van der Waals surface area contributed by atoms with Gasteiger partial charge in [0.15, 0.2) is 5.75 Å². The third kappa shape index (κ3) is 3.36. The molecule has 0 saturated heterocycles. The van der Waals surface area contributed by atoms with Crippen LogP contribution in [0.4, 0.5) is 5.69 Å². The Morgan fingerprint density at radius 2 is 2.09 bits per heavy atom. The predicted octanol–water partition coefficient (Wildman–Crippen LogP) is 3.10. The quantitative estimate of drug-likeness (QED) is 0.464. The van der Waals surface area contributed by atoms with Crippen molar-refractivity contribution in [3.8, 4) is 11.5 Å². The van der Waals surface area contributed by atoms with E-state index in [1.54, 1.807) is 0 Å². The Bertz CT molecular complexity index is 739. The number of fused-ring (bicyclic) bond motifs is 1. The van der Waals surface area contributed by atoms with E-state index in [2.05, 4.69) is 11.9 Å². The predicted molar refractivity (Wildman–Crippen MR) is 82.5 cm³/mol. The van der Waals surface area contributed by atoms with Gasteiger partial charge in [-0.1, -0.05) is 26.2 Å².